The van der Waals surface area contributed by atoms with Gasteiger partial charge in [0.05, 0.1) is 48.8 Å². The summed E-state index contributed by atoms with van der Waals surface area (Å²) >= 11 is 0. The van der Waals surface area contributed by atoms with E-state index in [0.29, 0.717) is 6.42 Å². The van der Waals surface area contributed by atoms with Crippen LogP contribution in [0.4, 0.5) is 0 Å². The molecule has 0 aromatic heterocycles. The topological polar surface area (TPSA) is 188 Å². The zero-order valence-electron chi connectivity index (χ0n) is 27.7. The van der Waals surface area contributed by atoms with E-state index in [1.807, 2.05) is 20.8 Å². The number of rotatable bonds is 1. The van der Waals surface area contributed by atoms with Gasteiger partial charge in [-0.1, -0.05) is 94.5 Å². The fourth-order valence-electron chi connectivity index (χ4n) is 5.31. The van der Waals surface area contributed by atoms with Gasteiger partial charge in [0.1, 0.15) is 6.10 Å². The van der Waals surface area contributed by atoms with Gasteiger partial charge in [0.15, 0.2) is 0 Å². The monoisotopic (exact) mass is 650 g/mol. The van der Waals surface area contributed by atoms with Gasteiger partial charge >= 0.3 is 5.97 Å². The summed E-state index contributed by atoms with van der Waals surface area (Å²) in [6.07, 6.45) is 11.3. The molecule has 11 atom stereocenters. The van der Waals surface area contributed by atoms with Crippen LogP contribution >= 0.6 is 0 Å². The molecule has 0 aliphatic carbocycles. The van der Waals surface area contributed by atoms with Crippen LogP contribution in [0.3, 0.4) is 0 Å². The number of carbonyl (C=O) groups excluding carboxylic acids is 1. The Balaban J connectivity index is 2.98. The van der Waals surface area contributed by atoms with E-state index in [1.54, 1.807) is 67.7 Å². The maximum atomic E-state index is 12.4. The lowest BCUT2D eigenvalue weighted by atomic mass is 9.90. The van der Waals surface area contributed by atoms with Gasteiger partial charge in [-0.15, -0.1) is 0 Å². The van der Waals surface area contributed by atoms with E-state index in [-0.39, 0.29) is 50.4 Å². The first-order chi connectivity index (χ1) is 21.7. The molecule has 0 aromatic carbocycles. The number of allylic oxidation sites excluding steroid dienone is 8. The summed E-state index contributed by atoms with van der Waals surface area (Å²) in [4.78, 5) is 12.4. The van der Waals surface area contributed by atoms with Crippen LogP contribution in [0.15, 0.2) is 72.9 Å². The predicted octanol–water partition coefficient (Wildman–Crippen LogP) is 2.80. The van der Waals surface area contributed by atoms with Gasteiger partial charge in [-0.2, -0.15) is 0 Å². The van der Waals surface area contributed by atoms with Crippen LogP contribution in [-0.4, -0.2) is 102 Å². The highest BCUT2D eigenvalue weighted by Gasteiger charge is 2.27. The Morgan fingerprint density at radius 3 is 1.59 bits per heavy atom. The van der Waals surface area contributed by atoms with Gasteiger partial charge in [0.2, 0.25) is 0 Å². The van der Waals surface area contributed by atoms with Crippen LogP contribution < -0.4 is 0 Å². The van der Waals surface area contributed by atoms with E-state index in [0.717, 1.165) is 0 Å². The lowest BCUT2D eigenvalue weighted by Crippen LogP contribution is -2.34. The number of aliphatic hydroxyl groups excluding tert-OH is 8. The fraction of sp³-hybridized carbons (Fsp3) is 0.639. The van der Waals surface area contributed by atoms with Crippen LogP contribution in [0, 0.1) is 17.8 Å². The molecule has 262 valence electrons. The molecule has 1 heterocycles. The number of aliphatic hydroxyl groups is 8. The van der Waals surface area contributed by atoms with Crippen molar-refractivity contribution in [3.05, 3.63) is 72.9 Å². The van der Waals surface area contributed by atoms with Crippen molar-refractivity contribution in [2.75, 3.05) is 0 Å². The maximum absolute atomic E-state index is 12.4. The minimum Gasteiger partial charge on any atom is -0.458 e. The van der Waals surface area contributed by atoms with E-state index >= 15 is 0 Å². The Morgan fingerprint density at radius 2 is 1.07 bits per heavy atom. The highest BCUT2D eigenvalue weighted by atomic mass is 16.5. The lowest BCUT2D eigenvalue weighted by molar-refractivity contribution is -0.147. The molecule has 0 bridgehead atoms. The van der Waals surface area contributed by atoms with Crippen LogP contribution in [0.5, 0.6) is 0 Å². The Kier molecular flexibility index (Phi) is 20.8. The normalized spacial score (nSPS) is 40.4. The number of carbonyl (C=O) groups is 1. The second-order valence-electron chi connectivity index (χ2n) is 12.8. The Labute approximate surface area is 274 Å². The zero-order chi connectivity index (χ0) is 34.6. The SMILES string of the molecule is CC(C)C1OC(=O)/C=C/C=C/C=C/C=C/C=C/CC(O)C(C)C(O)CC(O)CC(O)CC(O)CC(O)CC(O)CC(O)/C=C/C1C. The third-order valence-corrected chi connectivity index (χ3v) is 8.01. The molecule has 46 heavy (non-hydrogen) atoms. The van der Waals surface area contributed by atoms with Gasteiger partial charge in [-0.3, -0.25) is 0 Å². The first-order valence-corrected chi connectivity index (χ1v) is 16.4. The first kappa shape index (κ1) is 41.6. The molecular weight excluding hydrogens is 592 g/mol. The second kappa shape index (κ2) is 23.0. The highest BCUT2D eigenvalue weighted by molar-refractivity contribution is 5.82. The van der Waals surface area contributed by atoms with E-state index in [9.17, 15) is 45.6 Å². The molecule has 10 nitrogen and oxygen atoms in total. The van der Waals surface area contributed by atoms with Gasteiger partial charge in [-0.25, -0.2) is 4.79 Å². The van der Waals surface area contributed by atoms with Gasteiger partial charge in [-0.05, 0) is 44.4 Å². The van der Waals surface area contributed by atoms with Gasteiger partial charge < -0.3 is 45.6 Å². The van der Waals surface area contributed by atoms with Gasteiger partial charge in [0.25, 0.3) is 0 Å². The molecule has 0 radical (unpaired) electrons. The van der Waals surface area contributed by atoms with E-state index in [4.69, 9.17) is 4.74 Å². The molecule has 1 aliphatic heterocycles. The number of ether oxygens (including phenoxy) is 1. The molecular formula is C36H58O10. The smallest absolute Gasteiger partial charge is 0.331 e. The molecule has 1 rings (SSSR count). The number of hydrogen-bond donors (Lipinski definition) is 8. The van der Waals surface area contributed by atoms with Gasteiger partial charge in [0, 0.05) is 24.3 Å². The lowest BCUT2D eigenvalue weighted by Gasteiger charge is -2.26. The van der Waals surface area contributed by atoms with Crippen molar-refractivity contribution in [2.45, 2.75) is 128 Å². The summed E-state index contributed by atoms with van der Waals surface area (Å²) in [6.45, 7) is 7.40. The fourth-order valence-corrected chi connectivity index (χ4v) is 5.31. The second-order valence-corrected chi connectivity index (χ2v) is 12.8. The summed E-state index contributed by atoms with van der Waals surface area (Å²) in [5, 5.41) is 83.2. The van der Waals surface area contributed by atoms with Crippen molar-refractivity contribution >= 4 is 5.97 Å². The van der Waals surface area contributed by atoms with Crippen LogP contribution in [0.2, 0.25) is 0 Å². The summed E-state index contributed by atoms with van der Waals surface area (Å²) in [6, 6.07) is 0. The minimum atomic E-state index is -1.10. The quantitative estimate of drug-likeness (QED) is 0.155. The standard InChI is InChI=1S/C36H58O10/c1-24(2)36-25(3)16-17-27(37)18-28(38)19-29(39)20-30(40)21-31(41)22-32(42)23-34(44)26(4)33(43)14-12-10-8-6-5-7-9-11-13-15-35(45)46-36/h5-13,15-17,24-34,36-44H,14,18-23H2,1-4H3/b7-5+,8-6+,11-9+,12-10+,15-13+,17-16+. The Bertz CT molecular complexity index is 1020. The van der Waals surface area contributed by atoms with Crippen molar-refractivity contribution in [3.8, 4) is 0 Å². The van der Waals surface area contributed by atoms with Crippen molar-refractivity contribution in [1.29, 1.82) is 0 Å². The van der Waals surface area contributed by atoms with Crippen LogP contribution in [-0.2, 0) is 9.53 Å². The van der Waals surface area contributed by atoms with Crippen molar-refractivity contribution in [2.24, 2.45) is 17.8 Å². The molecule has 1 aliphatic rings. The molecule has 0 aromatic rings. The third kappa shape index (κ3) is 18.7. The van der Waals surface area contributed by atoms with Crippen molar-refractivity contribution in [1.82, 2.24) is 0 Å². The van der Waals surface area contributed by atoms with Crippen LogP contribution in [0.1, 0.15) is 72.6 Å². The zero-order valence-corrected chi connectivity index (χ0v) is 27.7. The summed E-state index contributed by atoms with van der Waals surface area (Å²) in [5.41, 5.74) is 0. The Hall–Kier alpha value is -2.41. The number of esters is 1. The molecule has 0 saturated heterocycles. The number of cyclic esters (lactones) is 1. The van der Waals surface area contributed by atoms with E-state index in [1.165, 1.54) is 12.2 Å². The average Bonchev–Trinajstić information content (AvgIpc) is 2.95. The van der Waals surface area contributed by atoms with Crippen molar-refractivity contribution in [3.63, 3.8) is 0 Å². The largest absolute Gasteiger partial charge is 0.458 e. The molecule has 0 amide bonds. The Morgan fingerprint density at radius 1 is 0.609 bits per heavy atom. The summed E-state index contributed by atoms with van der Waals surface area (Å²) < 4.78 is 5.65. The van der Waals surface area contributed by atoms with Crippen molar-refractivity contribution < 1.29 is 50.4 Å². The molecule has 11 unspecified atom stereocenters. The van der Waals surface area contributed by atoms with E-state index in [2.05, 4.69) is 0 Å². The highest BCUT2D eigenvalue weighted by Crippen LogP contribution is 2.22. The van der Waals surface area contributed by atoms with Crippen LogP contribution in [0.25, 0.3) is 0 Å². The number of hydrogen-bond acceptors (Lipinski definition) is 10. The molecule has 8 N–H and O–H groups in total. The summed E-state index contributed by atoms with van der Waals surface area (Å²) in [7, 11) is 0. The molecule has 0 saturated carbocycles. The molecule has 0 fully saturated rings. The molecule has 10 heteroatoms. The average molecular weight is 651 g/mol. The van der Waals surface area contributed by atoms with E-state index < -0.39 is 66.8 Å². The first-order valence-electron chi connectivity index (χ1n) is 16.4. The minimum absolute atomic E-state index is 0.00324. The maximum Gasteiger partial charge on any atom is 0.331 e. The predicted molar refractivity (Wildman–Crippen MR) is 178 cm³/mol. The third-order valence-electron chi connectivity index (χ3n) is 8.01. The summed E-state index contributed by atoms with van der Waals surface area (Å²) in [5.74, 6) is -1.25. The molecule has 0 spiro atoms.